The van der Waals surface area contributed by atoms with E-state index in [2.05, 4.69) is 43.9 Å². The molecule has 1 heterocycles. The average Bonchev–Trinajstić information content (AvgIpc) is 2.55. The van der Waals surface area contributed by atoms with Crippen LogP contribution >= 0.6 is 11.8 Å². The molecule has 1 aliphatic rings. The van der Waals surface area contributed by atoms with E-state index in [4.69, 9.17) is 5.11 Å². The van der Waals surface area contributed by atoms with E-state index in [-0.39, 0.29) is 16.7 Å². The van der Waals surface area contributed by atoms with Gasteiger partial charge in [0.05, 0.1) is 0 Å². The van der Waals surface area contributed by atoms with Crippen LogP contribution in [0, 0.1) is 11.8 Å². The highest BCUT2D eigenvalue weighted by atomic mass is 32.2. The summed E-state index contributed by atoms with van der Waals surface area (Å²) in [6.07, 6.45) is 1.81. The van der Waals surface area contributed by atoms with Crippen molar-refractivity contribution in [1.29, 1.82) is 0 Å². The fourth-order valence-corrected chi connectivity index (χ4v) is 4.64. The quantitative estimate of drug-likeness (QED) is 0.784. The van der Waals surface area contributed by atoms with Crippen LogP contribution in [-0.2, 0) is 11.8 Å². The molecule has 0 amide bonds. The van der Waals surface area contributed by atoms with E-state index in [0.29, 0.717) is 12.0 Å². The molecule has 0 spiro atoms. The second kappa shape index (κ2) is 6.85. The number of carboxylic acid groups (broad SMARTS) is 1. The molecule has 0 saturated carbocycles. The lowest BCUT2D eigenvalue weighted by Crippen LogP contribution is -2.23. The zero-order chi connectivity index (χ0) is 18.0. The van der Waals surface area contributed by atoms with Crippen LogP contribution in [0.3, 0.4) is 0 Å². The van der Waals surface area contributed by atoms with Crippen LogP contribution in [0.1, 0.15) is 47.3 Å². The Labute approximate surface area is 152 Å². The monoisotopic (exact) mass is 352 g/mol. The molecule has 0 aliphatic carbocycles. The van der Waals surface area contributed by atoms with Gasteiger partial charge in [-0.05, 0) is 46.9 Å². The Kier molecular flexibility index (Phi) is 4.78. The summed E-state index contributed by atoms with van der Waals surface area (Å²) < 4.78 is 0. The molecule has 0 fully saturated rings. The molecular weight excluding hydrogens is 332 g/mol. The van der Waals surface area contributed by atoms with Crippen LogP contribution in [0.15, 0.2) is 41.3 Å². The maximum atomic E-state index is 10.9. The number of rotatable bonds is 2. The number of aromatic hydroxyl groups is 1. The number of fused-ring (bicyclic) bond motifs is 1. The van der Waals surface area contributed by atoms with Gasteiger partial charge in [0.1, 0.15) is 11.3 Å². The molecule has 0 radical (unpaired) electrons. The van der Waals surface area contributed by atoms with Crippen LogP contribution in [0.4, 0.5) is 0 Å². The Bertz CT molecular complexity index is 888. The lowest BCUT2D eigenvalue weighted by molar-refractivity contribution is 0.0693. The van der Waals surface area contributed by atoms with E-state index in [9.17, 15) is 9.90 Å². The van der Waals surface area contributed by atoms with E-state index in [0.717, 1.165) is 5.75 Å². The van der Waals surface area contributed by atoms with Crippen molar-refractivity contribution in [3.63, 3.8) is 0 Å². The Hall–Kier alpha value is -2.38. The van der Waals surface area contributed by atoms with Crippen molar-refractivity contribution in [2.45, 2.75) is 37.0 Å². The largest absolute Gasteiger partial charge is 0.507 e. The van der Waals surface area contributed by atoms with Gasteiger partial charge in [-0.15, -0.1) is 11.8 Å². The Morgan fingerprint density at radius 2 is 2.08 bits per heavy atom. The first kappa shape index (κ1) is 17.4. The zero-order valence-corrected chi connectivity index (χ0v) is 15.1. The van der Waals surface area contributed by atoms with Gasteiger partial charge >= 0.3 is 5.97 Å². The average molecular weight is 352 g/mol. The minimum absolute atomic E-state index is 0.110. The second-order valence-electron chi connectivity index (χ2n) is 6.79. The third-order valence-corrected chi connectivity index (χ3v) is 5.72. The van der Waals surface area contributed by atoms with Crippen molar-refractivity contribution in [2.24, 2.45) is 0 Å². The van der Waals surface area contributed by atoms with Crippen molar-refractivity contribution in [3.8, 4) is 17.6 Å². The van der Waals surface area contributed by atoms with Crippen LogP contribution < -0.4 is 0 Å². The molecule has 25 heavy (non-hydrogen) atoms. The SMILES string of the molecule is CC1(C)CCSc2c(CC#Cc3ccc(C(=O)O)c(O)c3)cccc21. The van der Waals surface area contributed by atoms with Crippen LogP contribution in [0.2, 0.25) is 0 Å². The molecule has 3 rings (SSSR count). The number of thioether (sulfide) groups is 1. The Morgan fingerprint density at radius 1 is 1.28 bits per heavy atom. The number of benzene rings is 2. The zero-order valence-electron chi connectivity index (χ0n) is 14.3. The van der Waals surface area contributed by atoms with Crippen molar-refractivity contribution in [3.05, 3.63) is 58.7 Å². The third kappa shape index (κ3) is 3.67. The van der Waals surface area contributed by atoms with Gasteiger partial charge < -0.3 is 10.2 Å². The van der Waals surface area contributed by atoms with Gasteiger partial charge in [0.2, 0.25) is 0 Å². The summed E-state index contributed by atoms with van der Waals surface area (Å²) in [5, 5.41) is 18.7. The predicted octanol–water partition coefficient (Wildman–Crippen LogP) is 4.46. The molecule has 0 atom stereocenters. The van der Waals surface area contributed by atoms with E-state index < -0.39 is 5.97 Å². The van der Waals surface area contributed by atoms with Gasteiger partial charge in [-0.3, -0.25) is 0 Å². The molecule has 0 unspecified atom stereocenters. The van der Waals surface area contributed by atoms with Gasteiger partial charge in [-0.2, -0.15) is 0 Å². The minimum Gasteiger partial charge on any atom is -0.507 e. The third-order valence-electron chi connectivity index (χ3n) is 4.54. The maximum absolute atomic E-state index is 10.9. The van der Waals surface area contributed by atoms with Crippen molar-refractivity contribution in [1.82, 2.24) is 0 Å². The number of carboxylic acids is 1. The topological polar surface area (TPSA) is 57.5 Å². The lowest BCUT2D eigenvalue weighted by atomic mass is 9.81. The van der Waals surface area contributed by atoms with Gasteiger partial charge in [0.25, 0.3) is 0 Å². The number of phenols is 1. The first-order valence-corrected chi connectivity index (χ1v) is 9.17. The van der Waals surface area contributed by atoms with Crippen molar-refractivity contribution < 1.29 is 15.0 Å². The van der Waals surface area contributed by atoms with E-state index in [1.165, 1.54) is 34.6 Å². The van der Waals surface area contributed by atoms with Gasteiger partial charge in [-0.1, -0.05) is 43.9 Å². The summed E-state index contributed by atoms with van der Waals surface area (Å²) in [6.45, 7) is 4.57. The number of hydrogen-bond acceptors (Lipinski definition) is 3. The molecule has 0 aromatic heterocycles. The fourth-order valence-electron chi connectivity index (χ4n) is 3.00. The molecule has 4 heteroatoms. The smallest absolute Gasteiger partial charge is 0.339 e. The molecule has 3 nitrogen and oxygen atoms in total. The molecule has 2 aromatic carbocycles. The van der Waals surface area contributed by atoms with Crippen LogP contribution in [-0.4, -0.2) is 21.9 Å². The normalized spacial score (nSPS) is 15.0. The molecule has 1 aliphatic heterocycles. The second-order valence-corrected chi connectivity index (χ2v) is 7.90. The standard InChI is InChI=1S/C21H20O3S/c1-21(2)11-12-25-19-15(7-4-8-17(19)21)6-3-5-14-9-10-16(20(23)24)18(22)13-14/h4,7-10,13,22H,6,11-12H2,1-2H3,(H,23,24). The van der Waals surface area contributed by atoms with Gasteiger partial charge in [0.15, 0.2) is 0 Å². The van der Waals surface area contributed by atoms with Crippen LogP contribution in [0.25, 0.3) is 0 Å². The Balaban J connectivity index is 1.83. The molecule has 0 saturated heterocycles. The van der Waals surface area contributed by atoms with Crippen molar-refractivity contribution in [2.75, 3.05) is 5.75 Å². The predicted molar refractivity (Wildman–Crippen MR) is 100 cm³/mol. The summed E-state index contributed by atoms with van der Waals surface area (Å²) in [5.74, 6) is 5.88. The molecule has 128 valence electrons. The number of hydrogen-bond donors (Lipinski definition) is 2. The highest BCUT2D eigenvalue weighted by Crippen LogP contribution is 2.43. The number of carbonyl (C=O) groups is 1. The first-order valence-electron chi connectivity index (χ1n) is 8.19. The number of aromatic carboxylic acids is 1. The van der Waals surface area contributed by atoms with Crippen molar-refractivity contribution >= 4 is 17.7 Å². The summed E-state index contributed by atoms with van der Waals surface area (Å²) in [4.78, 5) is 12.3. The highest BCUT2D eigenvalue weighted by molar-refractivity contribution is 7.99. The highest BCUT2D eigenvalue weighted by Gasteiger charge is 2.28. The van der Waals surface area contributed by atoms with E-state index >= 15 is 0 Å². The maximum Gasteiger partial charge on any atom is 0.339 e. The molecule has 2 aromatic rings. The summed E-state index contributed by atoms with van der Waals surface area (Å²) in [7, 11) is 0. The molecule has 0 bridgehead atoms. The molecule has 2 N–H and O–H groups in total. The lowest BCUT2D eigenvalue weighted by Gasteiger charge is -2.33. The fraction of sp³-hybridized carbons (Fsp3) is 0.286. The van der Waals surface area contributed by atoms with E-state index in [1.807, 2.05) is 11.8 Å². The van der Waals surface area contributed by atoms with Gasteiger partial charge in [0, 0.05) is 16.9 Å². The van der Waals surface area contributed by atoms with Gasteiger partial charge in [-0.25, -0.2) is 4.79 Å². The first-order chi connectivity index (χ1) is 11.9. The van der Waals surface area contributed by atoms with Crippen LogP contribution in [0.5, 0.6) is 5.75 Å². The summed E-state index contributed by atoms with van der Waals surface area (Å²) >= 11 is 1.90. The summed E-state index contributed by atoms with van der Waals surface area (Å²) in [5.41, 5.74) is 3.32. The molecular formula is C21H20O3S. The van der Waals surface area contributed by atoms with E-state index in [1.54, 1.807) is 6.07 Å². The minimum atomic E-state index is -1.15. The Morgan fingerprint density at radius 3 is 2.80 bits per heavy atom. The summed E-state index contributed by atoms with van der Waals surface area (Å²) in [6, 6.07) is 10.8.